The van der Waals surface area contributed by atoms with Crippen molar-refractivity contribution < 1.29 is 4.39 Å². The minimum Gasteiger partial charge on any atom is -0.205 e. The minimum atomic E-state index is -0.440. The Labute approximate surface area is 82.4 Å². The molecule has 0 saturated carbocycles. The molecule has 0 aliphatic heterocycles. The van der Waals surface area contributed by atoms with E-state index in [4.69, 9.17) is 23.2 Å². The van der Waals surface area contributed by atoms with Crippen LogP contribution in [0, 0.1) is 5.82 Å². The van der Waals surface area contributed by atoms with Crippen molar-refractivity contribution in [3.05, 3.63) is 33.0 Å². The van der Waals surface area contributed by atoms with Gasteiger partial charge in [0.25, 0.3) is 0 Å². The highest BCUT2D eigenvalue weighted by Gasteiger charge is 2.06. The third-order valence-electron chi connectivity index (χ3n) is 1.21. The molecule has 0 aliphatic carbocycles. The second kappa shape index (κ2) is 3.74. The molecule has 1 aromatic carbocycles. The molecule has 1 rings (SSSR count). The Morgan fingerprint density at radius 3 is 2.64 bits per heavy atom. The van der Waals surface area contributed by atoms with Gasteiger partial charge in [0.15, 0.2) is 0 Å². The molecule has 0 radical (unpaired) electrons. The lowest BCUT2D eigenvalue weighted by atomic mass is 10.2. The zero-order valence-corrected chi connectivity index (χ0v) is 8.47. The van der Waals surface area contributed by atoms with Crippen LogP contribution in [0.3, 0.4) is 0 Å². The zero-order chi connectivity index (χ0) is 8.43. The second-order valence-corrected chi connectivity index (χ2v) is 3.58. The van der Waals surface area contributed by atoms with Gasteiger partial charge in [-0.15, -0.1) is 11.6 Å². The van der Waals surface area contributed by atoms with Crippen LogP contribution in [0.15, 0.2) is 16.6 Å². The lowest BCUT2D eigenvalue weighted by molar-refractivity contribution is 0.617. The van der Waals surface area contributed by atoms with Crippen LogP contribution in [0.4, 0.5) is 4.39 Å². The maximum atomic E-state index is 12.9. The molecule has 0 unspecified atom stereocenters. The molecular weight excluding hydrogens is 254 g/mol. The van der Waals surface area contributed by atoms with Crippen LogP contribution < -0.4 is 0 Å². The summed E-state index contributed by atoms with van der Waals surface area (Å²) in [5.41, 5.74) is 0.408. The molecule has 0 aromatic heterocycles. The van der Waals surface area contributed by atoms with Crippen molar-refractivity contribution in [2.24, 2.45) is 0 Å². The number of rotatable bonds is 1. The van der Waals surface area contributed by atoms with Gasteiger partial charge in [0.05, 0.1) is 10.9 Å². The van der Waals surface area contributed by atoms with Crippen LogP contribution in [0.5, 0.6) is 0 Å². The molecule has 4 heteroatoms. The predicted octanol–water partition coefficient (Wildman–Crippen LogP) is 3.98. The summed E-state index contributed by atoms with van der Waals surface area (Å²) in [7, 11) is 0. The molecule has 0 aliphatic rings. The normalized spacial score (nSPS) is 10.2. The van der Waals surface area contributed by atoms with E-state index in [1.54, 1.807) is 6.07 Å². The van der Waals surface area contributed by atoms with Crippen molar-refractivity contribution >= 4 is 39.1 Å². The second-order valence-electron chi connectivity index (χ2n) is 1.99. The summed E-state index contributed by atoms with van der Waals surface area (Å²) in [5, 5.41) is 0.0926. The van der Waals surface area contributed by atoms with Gasteiger partial charge in [-0.3, -0.25) is 0 Å². The van der Waals surface area contributed by atoms with Crippen LogP contribution in [0.25, 0.3) is 0 Å². The Morgan fingerprint density at radius 2 is 2.09 bits per heavy atom. The third kappa shape index (κ3) is 2.08. The Balaban J connectivity index is 3.24. The van der Waals surface area contributed by atoms with Gasteiger partial charge in [-0.05, 0) is 12.1 Å². The topological polar surface area (TPSA) is 0 Å². The average Bonchev–Trinajstić information content (AvgIpc) is 1.96. The molecule has 0 spiro atoms. The van der Waals surface area contributed by atoms with E-state index >= 15 is 0 Å². The molecule has 0 fully saturated rings. The Kier molecular flexibility index (Phi) is 3.16. The van der Waals surface area contributed by atoms with E-state index in [2.05, 4.69) is 15.9 Å². The highest BCUT2D eigenvalue weighted by atomic mass is 79.9. The predicted molar refractivity (Wildman–Crippen MR) is 48.7 cm³/mol. The van der Waals surface area contributed by atoms with E-state index in [1.165, 1.54) is 6.07 Å². The van der Waals surface area contributed by atoms with E-state index in [0.717, 1.165) is 4.47 Å². The largest absolute Gasteiger partial charge is 0.205 e. The van der Waals surface area contributed by atoms with Crippen LogP contribution >= 0.6 is 39.1 Å². The van der Waals surface area contributed by atoms with E-state index in [-0.39, 0.29) is 10.9 Å². The molecule has 60 valence electrons. The van der Waals surface area contributed by atoms with Crippen molar-refractivity contribution in [1.82, 2.24) is 0 Å². The zero-order valence-electron chi connectivity index (χ0n) is 5.37. The average molecular weight is 258 g/mol. The number of alkyl halides is 1. The fourth-order valence-corrected chi connectivity index (χ4v) is 1.78. The molecule has 0 N–H and O–H groups in total. The number of hydrogen-bond acceptors (Lipinski definition) is 0. The number of halogens is 4. The van der Waals surface area contributed by atoms with Crippen molar-refractivity contribution in [2.45, 2.75) is 5.88 Å². The maximum absolute atomic E-state index is 12.9. The molecule has 0 amide bonds. The molecule has 1 aromatic rings. The van der Waals surface area contributed by atoms with E-state index < -0.39 is 5.82 Å². The summed E-state index contributed by atoms with van der Waals surface area (Å²) in [6.45, 7) is 0. The van der Waals surface area contributed by atoms with Crippen molar-refractivity contribution in [3.63, 3.8) is 0 Å². The van der Waals surface area contributed by atoms with Gasteiger partial charge in [-0.1, -0.05) is 27.5 Å². The van der Waals surface area contributed by atoms with Gasteiger partial charge in [0, 0.05) is 10.0 Å². The van der Waals surface area contributed by atoms with Crippen LogP contribution in [-0.4, -0.2) is 0 Å². The Hall–Kier alpha value is 0.210. The molecule has 0 atom stereocenters. The summed E-state index contributed by atoms with van der Waals surface area (Å²) < 4.78 is 13.7. The van der Waals surface area contributed by atoms with Gasteiger partial charge >= 0.3 is 0 Å². The summed E-state index contributed by atoms with van der Waals surface area (Å²) in [4.78, 5) is 0. The van der Waals surface area contributed by atoms with Crippen LogP contribution in [-0.2, 0) is 5.88 Å². The molecule has 0 heterocycles. The Bertz CT molecular complexity index is 275. The number of hydrogen-bond donors (Lipinski definition) is 0. The summed E-state index contributed by atoms with van der Waals surface area (Å²) in [6.07, 6.45) is 0. The molecule has 0 nitrogen and oxygen atoms in total. The summed E-state index contributed by atoms with van der Waals surface area (Å²) >= 11 is 14.2. The van der Waals surface area contributed by atoms with Crippen LogP contribution in [0.2, 0.25) is 5.02 Å². The lowest BCUT2D eigenvalue weighted by Gasteiger charge is -2.00. The van der Waals surface area contributed by atoms with E-state index in [0.29, 0.717) is 5.56 Å². The van der Waals surface area contributed by atoms with Crippen molar-refractivity contribution in [3.8, 4) is 0 Å². The SMILES string of the molecule is Fc1c(Cl)cc(Br)cc1CCl. The Morgan fingerprint density at radius 1 is 1.45 bits per heavy atom. The highest BCUT2D eigenvalue weighted by molar-refractivity contribution is 9.10. The fraction of sp³-hybridized carbons (Fsp3) is 0.143. The smallest absolute Gasteiger partial charge is 0.146 e. The molecular formula is C7H4BrCl2F. The van der Waals surface area contributed by atoms with E-state index in [9.17, 15) is 4.39 Å². The monoisotopic (exact) mass is 256 g/mol. The van der Waals surface area contributed by atoms with E-state index in [1.807, 2.05) is 0 Å². The first-order valence-electron chi connectivity index (χ1n) is 2.84. The lowest BCUT2D eigenvalue weighted by Crippen LogP contribution is -1.86. The van der Waals surface area contributed by atoms with Gasteiger partial charge in [-0.2, -0.15) is 0 Å². The maximum Gasteiger partial charge on any atom is 0.146 e. The first-order chi connectivity index (χ1) is 5.15. The van der Waals surface area contributed by atoms with Gasteiger partial charge in [-0.25, -0.2) is 4.39 Å². The van der Waals surface area contributed by atoms with Crippen LogP contribution in [0.1, 0.15) is 5.56 Å². The summed E-state index contributed by atoms with van der Waals surface area (Å²) in [5.74, 6) is -0.310. The number of benzene rings is 1. The van der Waals surface area contributed by atoms with Crippen molar-refractivity contribution in [2.75, 3.05) is 0 Å². The quantitative estimate of drug-likeness (QED) is 0.527. The van der Waals surface area contributed by atoms with Gasteiger partial charge < -0.3 is 0 Å². The van der Waals surface area contributed by atoms with Crippen molar-refractivity contribution in [1.29, 1.82) is 0 Å². The fourth-order valence-electron chi connectivity index (χ4n) is 0.707. The molecule has 0 bridgehead atoms. The standard InChI is InChI=1S/C7H4BrCl2F/c8-5-1-4(3-9)7(11)6(10)2-5/h1-2H,3H2. The third-order valence-corrected chi connectivity index (χ3v) is 2.23. The highest BCUT2D eigenvalue weighted by Crippen LogP contribution is 2.24. The van der Waals surface area contributed by atoms with Gasteiger partial charge in [0.1, 0.15) is 5.82 Å². The first-order valence-corrected chi connectivity index (χ1v) is 4.55. The van der Waals surface area contributed by atoms with Gasteiger partial charge in [0.2, 0.25) is 0 Å². The summed E-state index contributed by atoms with van der Waals surface area (Å²) in [6, 6.07) is 3.10. The molecule has 0 saturated heterocycles. The minimum absolute atomic E-state index is 0.0926. The first kappa shape index (κ1) is 9.30. The molecule has 11 heavy (non-hydrogen) atoms.